The Morgan fingerprint density at radius 3 is 2.56 bits per heavy atom. The van der Waals surface area contributed by atoms with Crippen LogP contribution in [0.4, 0.5) is 15.8 Å². The molecule has 1 aliphatic heterocycles. The van der Waals surface area contributed by atoms with E-state index in [0.717, 1.165) is 22.9 Å². The van der Waals surface area contributed by atoms with Crippen molar-refractivity contribution in [1.29, 1.82) is 0 Å². The number of nitrogens with one attached hydrogen (secondary N) is 1. The lowest BCUT2D eigenvalue weighted by molar-refractivity contribution is -0.114. The summed E-state index contributed by atoms with van der Waals surface area (Å²) in [6.45, 7) is 1.92. The van der Waals surface area contributed by atoms with E-state index >= 15 is 0 Å². The van der Waals surface area contributed by atoms with Gasteiger partial charge in [-0.05, 0) is 60.5 Å². The van der Waals surface area contributed by atoms with E-state index in [1.165, 1.54) is 36.3 Å². The molecule has 0 atom stereocenters. The SMILES string of the molecule is COc1ccc(C)cc1NC(=O)CSC1=N/C(=C/c2ccccc2)C(=O)N1c1ccc(F)cc1. The van der Waals surface area contributed by atoms with Gasteiger partial charge in [-0.15, -0.1) is 0 Å². The molecule has 3 aromatic carbocycles. The van der Waals surface area contributed by atoms with Gasteiger partial charge in [0.2, 0.25) is 5.91 Å². The van der Waals surface area contributed by atoms with E-state index in [9.17, 15) is 14.0 Å². The standard InChI is InChI=1S/C26H22FN3O3S/c1-17-8-13-23(33-2)21(14-17)28-24(31)16-34-26-29-22(15-18-6-4-3-5-7-18)25(32)30(26)20-11-9-19(27)10-12-20/h3-15H,16H2,1-2H3,(H,28,31)/b22-15+. The molecule has 0 radical (unpaired) electrons. The fourth-order valence-corrected chi connectivity index (χ4v) is 4.17. The number of hydrogen-bond donors (Lipinski definition) is 1. The Bertz CT molecular complexity index is 1270. The van der Waals surface area contributed by atoms with Crippen LogP contribution in [0.5, 0.6) is 5.75 Å². The number of halogens is 1. The normalized spacial score (nSPS) is 14.3. The van der Waals surface area contributed by atoms with Crippen LogP contribution in [0, 0.1) is 12.7 Å². The van der Waals surface area contributed by atoms with Gasteiger partial charge in [0.1, 0.15) is 17.3 Å². The first-order valence-corrected chi connectivity index (χ1v) is 11.5. The Morgan fingerprint density at radius 1 is 1.12 bits per heavy atom. The molecule has 34 heavy (non-hydrogen) atoms. The molecular formula is C26H22FN3O3S. The highest BCUT2D eigenvalue weighted by Gasteiger charge is 2.32. The topological polar surface area (TPSA) is 71.0 Å². The molecule has 0 unspecified atom stereocenters. The van der Waals surface area contributed by atoms with Gasteiger partial charge in [-0.1, -0.05) is 48.2 Å². The number of nitrogens with zero attached hydrogens (tertiary/aromatic N) is 2. The molecule has 0 saturated heterocycles. The number of amidine groups is 1. The third-order valence-corrected chi connectivity index (χ3v) is 5.92. The highest BCUT2D eigenvalue weighted by atomic mass is 32.2. The van der Waals surface area contributed by atoms with Crippen LogP contribution < -0.4 is 15.0 Å². The number of aliphatic imine (C=N–C) groups is 1. The number of carbonyl (C=O) groups excluding carboxylic acids is 2. The van der Waals surface area contributed by atoms with Crippen LogP contribution in [-0.4, -0.2) is 29.8 Å². The van der Waals surface area contributed by atoms with Crippen molar-refractivity contribution in [3.8, 4) is 5.75 Å². The minimum absolute atomic E-state index is 0.0134. The second-order valence-corrected chi connectivity index (χ2v) is 8.43. The Morgan fingerprint density at radius 2 is 1.85 bits per heavy atom. The average molecular weight is 476 g/mol. The molecule has 4 rings (SSSR count). The van der Waals surface area contributed by atoms with Gasteiger partial charge in [0, 0.05) is 0 Å². The fourth-order valence-electron chi connectivity index (χ4n) is 3.35. The number of anilines is 2. The Hall–Kier alpha value is -3.91. The van der Waals surface area contributed by atoms with Crippen LogP contribution in [-0.2, 0) is 9.59 Å². The van der Waals surface area contributed by atoms with Crippen molar-refractivity contribution in [3.05, 3.63) is 95.4 Å². The lowest BCUT2D eigenvalue weighted by Crippen LogP contribution is -2.31. The van der Waals surface area contributed by atoms with Crippen LogP contribution in [0.3, 0.4) is 0 Å². The first kappa shape index (κ1) is 23.3. The number of aryl methyl sites for hydroxylation is 1. The first-order chi connectivity index (χ1) is 16.4. The van der Waals surface area contributed by atoms with Gasteiger partial charge in [0.25, 0.3) is 5.91 Å². The predicted octanol–water partition coefficient (Wildman–Crippen LogP) is 5.26. The van der Waals surface area contributed by atoms with Gasteiger partial charge in [-0.2, -0.15) is 0 Å². The third-order valence-electron chi connectivity index (χ3n) is 4.98. The minimum atomic E-state index is -0.409. The van der Waals surface area contributed by atoms with Crippen molar-refractivity contribution in [2.45, 2.75) is 6.92 Å². The number of benzene rings is 3. The summed E-state index contributed by atoms with van der Waals surface area (Å²) >= 11 is 1.12. The molecule has 1 heterocycles. The van der Waals surface area contributed by atoms with Crippen LogP contribution in [0.1, 0.15) is 11.1 Å². The maximum Gasteiger partial charge on any atom is 0.283 e. The molecule has 172 valence electrons. The zero-order valence-corrected chi connectivity index (χ0v) is 19.4. The number of ether oxygens (including phenoxy) is 1. The molecule has 0 fully saturated rings. The number of hydrogen-bond acceptors (Lipinski definition) is 5. The molecule has 2 amide bonds. The van der Waals surface area contributed by atoms with Gasteiger partial charge >= 0.3 is 0 Å². The van der Waals surface area contributed by atoms with Crippen molar-refractivity contribution in [1.82, 2.24) is 0 Å². The molecule has 0 bridgehead atoms. The zero-order valence-electron chi connectivity index (χ0n) is 18.6. The van der Waals surface area contributed by atoms with Crippen molar-refractivity contribution in [2.24, 2.45) is 4.99 Å². The zero-order chi connectivity index (χ0) is 24.1. The summed E-state index contributed by atoms with van der Waals surface area (Å²) in [6.07, 6.45) is 1.68. The Balaban J connectivity index is 1.56. The number of amides is 2. The van der Waals surface area contributed by atoms with Crippen LogP contribution in [0.15, 0.2) is 83.5 Å². The number of methoxy groups -OCH3 is 1. The molecule has 0 aliphatic carbocycles. The lowest BCUT2D eigenvalue weighted by Gasteiger charge is -2.18. The van der Waals surface area contributed by atoms with Gasteiger partial charge in [0.15, 0.2) is 5.17 Å². The average Bonchev–Trinajstić information content (AvgIpc) is 3.14. The molecule has 6 nitrogen and oxygen atoms in total. The molecule has 0 aromatic heterocycles. The predicted molar refractivity (Wildman–Crippen MR) is 135 cm³/mol. The summed E-state index contributed by atoms with van der Waals surface area (Å²) in [6, 6.07) is 20.4. The summed E-state index contributed by atoms with van der Waals surface area (Å²) in [5, 5.41) is 3.18. The van der Waals surface area contributed by atoms with E-state index in [-0.39, 0.29) is 23.3 Å². The maximum atomic E-state index is 13.5. The molecule has 0 spiro atoms. The summed E-state index contributed by atoms with van der Waals surface area (Å²) in [5.74, 6) is -0.465. The monoisotopic (exact) mass is 475 g/mol. The number of rotatable bonds is 6. The van der Waals surface area contributed by atoms with E-state index in [1.807, 2.05) is 49.4 Å². The first-order valence-electron chi connectivity index (χ1n) is 10.5. The fraction of sp³-hybridized carbons (Fsp3) is 0.115. The summed E-state index contributed by atoms with van der Waals surface area (Å²) in [4.78, 5) is 31.7. The third kappa shape index (κ3) is 5.35. The van der Waals surface area contributed by atoms with Gasteiger partial charge in [0.05, 0.1) is 24.2 Å². The van der Waals surface area contributed by atoms with E-state index < -0.39 is 5.82 Å². The molecule has 0 saturated carbocycles. The van der Waals surface area contributed by atoms with E-state index in [2.05, 4.69) is 10.3 Å². The second kappa shape index (κ2) is 10.4. The summed E-state index contributed by atoms with van der Waals surface area (Å²) in [7, 11) is 1.54. The second-order valence-electron chi connectivity index (χ2n) is 7.49. The van der Waals surface area contributed by atoms with Gasteiger partial charge < -0.3 is 10.1 Å². The van der Waals surface area contributed by atoms with Gasteiger partial charge in [-0.25, -0.2) is 9.38 Å². The molecule has 3 aromatic rings. The van der Waals surface area contributed by atoms with Crippen molar-refractivity contribution >= 4 is 46.2 Å². The van der Waals surface area contributed by atoms with E-state index in [4.69, 9.17) is 4.74 Å². The van der Waals surface area contributed by atoms with Crippen LogP contribution in [0.2, 0.25) is 0 Å². The Kier molecular flexibility index (Phi) is 7.08. The van der Waals surface area contributed by atoms with Crippen LogP contribution in [0.25, 0.3) is 6.08 Å². The molecular weight excluding hydrogens is 453 g/mol. The number of thioether (sulfide) groups is 1. The number of carbonyl (C=O) groups is 2. The van der Waals surface area contributed by atoms with Crippen molar-refractivity contribution < 1.29 is 18.7 Å². The molecule has 1 N–H and O–H groups in total. The molecule has 1 aliphatic rings. The lowest BCUT2D eigenvalue weighted by atomic mass is 10.2. The quantitative estimate of drug-likeness (QED) is 0.494. The van der Waals surface area contributed by atoms with E-state index in [0.29, 0.717) is 22.3 Å². The van der Waals surface area contributed by atoms with Crippen molar-refractivity contribution in [2.75, 3.05) is 23.1 Å². The van der Waals surface area contributed by atoms with Crippen molar-refractivity contribution in [3.63, 3.8) is 0 Å². The van der Waals surface area contributed by atoms with Crippen LogP contribution >= 0.6 is 11.8 Å². The highest BCUT2D eigenvalue weighted by molar-refractivity contribution is 8.14. The highest BCUT2D eigenvalue weighted by Crippen LogP contribution is 2.30. The largest absolute Gasteiger partial charge is 0.495 e. The smallest absolute Gasteiger partial charge is 0.283 e. The van der Waals surface area contributed by atoms with Gasteiger partial charge in [-0.3, -0.25) is 14.5 Å². The molecule has 8 heteroatoms. The van der Waals surface area contributed by atoms with E-state index in [1.54, 1.807) is 12.1 Å². The maximum absolute atomic E-state index is 13.5. The Labute approximate surface area is 201 Å². The summed E-state index contributed by atoms with van der Waals surface area (Å²) < 4.78 is 18.8. The summed E-state index contributed by atoms with van der Waals surface area (Å²) in [5.41, 5.74) is 3.07. The minimum Gasteiger partial charge on any atom is -0.495 e.